The lowest BCUT2D eigenvalue weighted by atomic mass is 9.93. The maximum absolute atomic E-state index is 14.6. The molecular formula is C24H25F4N3O4S. The molecule has 1 aliphatic heterocycles. The monoisotopic (exact) mass is 527 g/mol. The zero-order chi connectivity index (χ0) is 26.6. The summed E-state index contributed by atoms with van der Waals surface area (Å²) in [6, 6.07) is 7.75. The summed E-state index contributed by atoms with van der Waals surface area (Å²) in [6.07, 6.45) is 0.992. The fourth-order valence-electron chi connectivity index (χ4n) is 3.85. The average Bonchev–Trinajstić information content (AvgIpc) is 3.55. The van der Waals surface area contributed by atoms with E-state index in [2.05, 4.69) is 10.00 Å². The molecule has 0 radical (unpaired) electrons. The van der Waals surface area contributed by atoms with Crippen molar-refractivity contribution in [2.75, 3.05) is 13.1 Å². The van der Waals surface area contributed by atoms with Gasteiger partial charge in [0.25, 0.3) is 0 Å². The van der Waals surface area contributed by atoms with E-state index in [1.807, 2.05) is 6.08 Å². The van der Waals surface area contributed by atoms with Crippen molar-refractivity contribution in [3.63, 3.8) is 0 Å². The van der Waals surface area contributed by atoms with Gasteiger partial charge in [0.2, 0.25) is 5.91 Å². The van der Waals surface area contributed by atoms with Crippen LogP contribution in [0.15, 0.2) is 42.1 Å². The van der Waals surface area contributed by atoms with Crippen molar-refractivity contribution < 1.29 is 37.1 Å². The van der Waals surface area contributed by atoms with Gasteiger partial charge in [-0.05, 0) is 43.0 Å². The van der Waals surface area contributed by atoms with Crippen LogP contribution in [0.2, 0.25) is 0 Å². The molecule has 36 heavy (non-hydrogen) atoms. The molecule has 0 amide bonds. The first-order chi connectivity index (χ1) is 16.9. The maximum atomic E-state index is 14.6. The summed E-state index contributed by atoms with van der Waals surface area (Å²) in [5.41, 5.74) is 2.13. The van der Waals surface area contributed by atoms with Gasteiger partial charge >= 0.3 is 12.1 Å². The predicted molar refractivity (Wildman–Crippen MR) is 126 cm³/mol. The molecule has 1 saturated heterocycles. The van der Waals surface area contributed by atoms with E-state index in [9.17, 15) is 27.2 Å². The van der Waals surface area contributed by atoms with Gasteiger partial charge < -0.3 is 5.11 Å². The summed E-state index contributed by atoms with van der Waals surface area (Å²) in [5, 5.41) is 11.4. The molecule has 12 heteroatoms. The fourth-order valence-corrected chi connectivity index (χ4v) is 4.12. The molecule has 2 unspecified atom stereocenters. The number of benzene rings is 1. The highest BCUT2D eigenvalue weighted by molar-refractivity contribution is 7.81. The highest BCUT2D eigenvalue weighted by Gasteiger charge is 2.41. The number of hydrogen-bond acceptors (Lipinski definition) is 6. The molecule has 2 aromatic rings. The Kier molecular flexibility index (Phi) is 8.72. The number of carboxylic acid groups (broad SMARTS) is 1. The zero-order valence-corrected chi connectivity index (χ0v) is 20.2. The Balaban J connectivity index is 0.000000454. The van der Waals surface area contributed by atoms with Gasteiger partial charge in [0.1, 0.15) is 5.82 Å². The number of hydrogen-bond donors (Lipinski definition) is 2. The Morgan fingerprint density at radius 1 is 1.17 bits per heavy atom. The second kappa shape index (κ2) is 11.4. The molecule has 194 valence electrons. The van der Waals surface area contributed by atoms with Crippen LogP contribution in [0, 0.1) is 11.7 Å². The first kappa shape index (κ1) is 27.6. The van der Waals surface area contributed by atoms with E-state index < -0.39 is 18.2 Å². The topological polar surface area (TPSA) is 92.5 Å². The van der Waals surface area contributed by atoms with Crippen molar-refractivity contribution in [2.45, 2.75) is 43.7 Å². The van der Waals surface area contributed by atoms with Crippen molar-refractivity contribution in [2.24, 2.45) is 5.92 Å². The molecule has 0 spiro atoms. The minimum absolute atomic E-state index is 0.0334. The number of thiol groups is 1. The number of nitrogens with zero attached hydrogens (tertiary/aromatic N) is 3. The first-order valence-corrected chi connectivity index (χ1v) is 11.7. The van der Waals surface area contributed by atoms with Crippen LogP contribution in [0.25, 0.3) is 6.08 Å². The fraction of sp³-hybridized carbons (Fsp3) is 0.417. The summed E-state index contributed by atoms with van der Waals surface area (Å²) >= 11 is 4.70. The number of halogens is 4. The minimum Gasteiger partial charge on any atom is -0.475 e. The number of rotatable bonds is 5. The molecule has 2 aliphatic rings. The Labute approximate surface area is 210 Å². The van der Waals surface area contributed by atoms with E-state index in [1.165, 1.54) is 17.7 Å². The maximum Gasteiger partial charge on any atom is 0.490 e. The van der Waals surface area contributed by atoms with Crippen LogP contribution in [0.5, 0.6) is 0 Å². The van der Waals surface area contributed by atoms with Crippen LogP contribution < -0.4 is 0 Å². The number of aliphatic carboxylic acids is 1. The summed E-state index contributed by atoms with van der Waals surface area (Å²) in [5.74, 6) is -3.12. The van der Waals surface area contributed by atoms with Crippen LogP contribution in [-0.4, -0.2) is 62.0 Å². The zero-order valence-electron chi connectivity index (χ0n) is 19.3. The van der Waals surface area contributed by atoms with E-state index in [1.54, 1.807) is 30.5 Å². The molecule has 2 heterocycles. The molecule has 1 aliphatic carbocycles. The molecule has 1 aromatic carbocycles. The lowest BCUT2D eigenvalue weighted by molar-refractivity contribution is -0.192. The molecule has 1 aromatic heterocycles. The number of alkyl halides is 3. The summed E-state index contributed by atoms with van der Waals surface area (Å²) < 4.78 is 47.6. The normalized spacial score (nSPS) is 20.4. The number of ketones is 1. The Hall–Kier alpha value is -2.99. The number of aromatic nitrogens is 2. The van der Waals surface area contributed by atoms with Gasteiger partial charge in [0, 0.05) is 42.9 Å². The number of piperidine rings is 1. The number of Topliss-reactive ketones (excluding diaryl/α,β-unsaturated/α-hetero) is 1. The number of carbonyl (C=O) groups is 3. The van der Waals surface area contributed by atoms with Crippen molar-refractivity contribution in [3.05, 3.63) is 59.2 Å². The van der Waals surface area contributed by atoms with Gasteiger partial charge in [0.15, 0.2) is 5.78 Å². The second-order valence-electron chi connectivity index (χ2n) is 8.60. The SMILES string of the molecule is CC(=O)n1ccc(C=C2CN(C(C(=O)C3CC3)c3ccccc3F)CCC2S)n1.O=C(O)C(F)(F)F. The molecule has 1 saturated carbocycles. The largest absolute Gasteiger partial charge is 0.490 e. The van der Waals surface area contributed by atoms with Crippen LogP contribution in [0.3, 0.4) is 0 Å². The summed E-state index contributed by atoms with van der Waals surface area (Å²) in [4.78, 5) is 35.5. The van der Waals surface area contributed by atoms with Gasteiger partial charge in [-0.15, -0.1) is 0 Å². The lowest BCUT2D eigenvalue weighted by Gasteiger charge is -2.37. The smallest absolute Gasteiger partial charge is 0.475 e. The third-order valence-corrected chi connectivity index (χ3v) is 6.42. The number of carboxylic acids is 1. The van der Waals surface area contributed by atoms with Crippen LogP contribution in [0.1, 0.15) is 48.3 Å². The lowest BCUT2D eigenvalue weighted by Crippen LogP contribution is -2.42. The van der Waals surface area contributed by atoms with E-state index in [-0.39, 0.29) is 28.7 Å². The average molecular weight is 528 g/mol. The van der Waals surface area contributed by atoms with Gasteiger partial charge in [-0.3, -0.25) is 14.5 Å². The Bertz CT molecular complexity index is 1160. The third kappa shape index (κ3) is 7.03. The highest BCUT2D eigenvalue weighted by Crippen LogP contribution is 2.39. The summed E-state index contributed by atoms with van der Waals surface area (Å²) in [7, 11) is 0. The van der Waals surface area contributed by atoms with Crippen molar-refractivity contribution >= 4 is 36.4 Å². The highest BCUT2D eigenvalue weighted by atomic mass is 32.1. The molecule has 1 N–H and O–H groups in total. The molecular weight excluding hydrogens is 502 g/mol. The van der Waals surface area contributed by atoms with Crippen molar-refractivity contribution in [1.82, 2.24) is 14.7 Å². The van der Waals surface area contributed by atoms with Crippen LogP contribution in [-0.2, 0) is 9.59 Å². The Morgan fingerprint density at radius 3 is 2.33 bits per heavy atom. The predicted octanol–water partition coefficient (Wildman–Crippen LogP) is 4.42. The van der Waals surface area contributed by atoms with Gasteiger partial charge in [-0.2, -0.15) is 30.9 Å². The van der Waals surface area contributed by atoms with E-state index in [0.29, 0.717) is 24.3 Å². The molecule has 7 nitrogen and oxygen atoms in total. The standard InChI is InChI=1S/C22H24FN3O2S.C2HF3O2/c1-14(27)26-11-8-17(24-26)12-16-13-25(10-9-20(16)29)21(22(28)15-6-7-15)18-4-2-3-5-19(18)23;3-2(4,5)1(6)7/h2-5,8,11-12,15,20-21,29H,6-7,9-10,13H2,1H3;(H,6,7). The van der Waals surface area contributed by atoms with Crippen molar-refractivity contribution in [3.8, 4) is 0 Å². The van der Waals surface area contributed by atoms with Crippen LogP contribution in [0.4, 0.5) is 17.6 Å². The Morgan fingerprint density at radius 2 is 1.81 bits per heavy atom. The molecule has 4 rings (SSSR count). The quantitative estimate of drug-likeness (QED) is 0.442. The number of carbonyl (C=O) groups excluding carboxylic acids is 2. The van der Waals surface area contributed by atoms with Crippen molar-refractivity contribution in [1.29, 1.82) is 0 Å². The second-order valence-corrected chi connectivity index (χ2v) is 9.23. The van der Waals surface area contributed by atoms with Gasteiger partial charge in [-0.25, -0.2) is 13.9 Å². The van der Waals surface area contributed by atoms with E-state index in [4.69, 9.17) is 22.5 Å². The van der Waals surface area contributed by atoms with Gasteiger partial charge in [-0.1, -0.05) is 18.2 Å². The molecule has 2 atom stereocenters. The van der Waals surface area contributed by atoms with Crippen LogP contribution >= 0.6 is 12.6 Å². The molecule has 2 fully saturated rings. The van der Waals surface area contributed by atoms with E-state index in [0.717, 1.165) is 24.8 Å². The first-order valence-electron chi connectivity index (χ1n) is 11.2. The van der Waals surface area contributed by atoms with Gasteiger partial charge in [0.05, 0.1) is 11.7 Å². The summed E-state index contributed by atoms with van der Waals surface area (Å²) in [6.45, 7) is 2.64. The number of likely N-dealkylation sites (tertiary alicyclic amines) is 1. The minimum atomic E-state index is -5.08. The van der Waals surface area contributed by atoms with E-state index >= 15 is 0 Å². The molecule has 0 bridgehead atoms. The third-order valence-electron chi connectivity index (χ3n) is 5.83.